The van der Waals surface area contributed by atoms with Gasteiger partial charge in [0.15, 0.2) is 0 Å². The zero-order valence-corrected chi connectivity index (χ0v) is 7.06. The Hall–Kier alpha value is -0.770. The molecule has 0 saturated carbocycles. The second-order valence-electron chi connectivity index (χ2n) is 2.26. The van der Waals surface area contributed by atoms with Crippen LogP contribution >= 0.6 is 11.8 Å². The van der Waals surface area contributed by atoms with Crippen molar-refractivity contribution >= 4 is 22.9 Å². The van der Waals surface area contributed by atoms with Crippen LogP contribution in [0.2, 0.25) is 0 Å². The first kappa shape index (κ1) is 8.33. The molecule has 1 heterocycles. The van der Waals surface area contributed by atoms with E-state index in [1.165, 1.54) is 4.90 Å². The molecule has 1 atom stereocenters. The normalized spacial score (nSPS) is 24.5. The van der Waals surface area contributed by atoms with Crippen LogP contribution in [0.4, 0.5) is 4.79 Å². The number of nitrogens with zero attached hydrogens (tertiary/aromatic N) is 1. The molecule has 1 aliphatic rings. The summed E-state index contributed by atoms with van der Waals surface area (Å²) < 4.78 is 0. The molecule has 1 aliphatic heterocycles. The van der Waals surface area contributed by atoms with Gasteiger partial charge < -0.3 is 0 Å². The van der Waals surface area contributed by atoms with Gasteiger partial charge in [-0.25, -0.2) is 0 Å². The zero-order chi connectivity index (χ0) is 8.43. The van der Waals surface area contributed by atoms with E-state index in [0.717, 1.165) is 11.8 Å². The van der Waals surface area contributed by atoms with Gasteiger partial charge in [0.05, 0.1) is 5.25 Å². The van der Waals surface area contributed by atoms with Gasteiger partial charge in [0.2, 0.25) is 5.91 Å². The van der Waals surface area contributed by atoms with Crippen molar-refractivity contribution in [2.24, 2.45) is 0 Å². The van der Waals surface area contributed by atoms with Gasteiger partial charge in [0.25, 0.3) is 5.24 Å². The van der Waals surface area contributed by atoms with E-state index in [9.17, 15) is 9.59 Å². The number of hydrogen-bond acceptors (Lipinski definition) is 3. The van der Waals surface area contributed by atoms with Crippen molar-refractivity contribution in [1.29, 1.82) is 0 Å². The van der Waals surface area contributed by atoms with Crippen LogP contribution in [-0.2, 0) is 4.79 Å². The molecule has 3 nitrogen and oxygen atoms in total. The van der Waals surface area contributed by atoms with Crippen molar-refractivity contribution in [3.05, 3.63) is 12.7 Å². The van der Waals surface area contributed by atoms with Crippen LogP contribution in [0.3, 0.4) is 0 Å². The molecule has 1 fully saturated rings. The van der Waals surface area contributed by atoms with E-state index in [1.54, 1.807) is 13.0 Å². The van der Waals surface area contributed by atoms with Crippen LogP contribution in [-0.4, -0.2) is 27.8 Å². The maximum absolute atomic E-state index is 11.1. The van der Waals surface area contributed by atoms with Crippen molar-refractivity contribution in [1.82, 2.24) is 4.90 Å². The molecule has 1 saturated heterocycles. The Balaban J connectivity index is 2.71. The van der Waals surface area contributed by atoms with Crippen LogP contribution in [0.25, 0.3) is 0 Å². The lowest BCUT2D eigenvalue weighted by Gasteiger charge is -2.08. The standard InChI is InChI=1S/C7H9NO2S/c1-3-4-8-6(9)5(2)11-7(8)10/h3,5H,1,4H2,2H3. The Morgan fingerprint density at radius 3 is 2.73 bits per heavy atom. The lowest BCUT2D eigenvalue weighted by atomic mass is 10.4. The van der Waals surface area contributed by atoms with E-state index in [-0.39, 0.29) is 16.4 Å². The molecule has 0 N–H and O–H groups in total. The molecule has 0 aromatic heterocycles. The number of hydrogen-bond donors (Lipinski definition) is 0. The number of carbonyl (C=O) groups excluding carboxylic acids is 2. The lowest BCUT2D eigenvalue weighted by molar-refractivity contribution is -0.125. The highest BCUT2D eigenvalue weighted by Gasteiger charge is 2.35. The first-order valence-electron chi connectivity index (χ1n) is 3.29. The van der Waals surface area contributed by atoms with E-state index in [1.807, 2.05) is 0 Å². The molecule has 2 amide bonds. The molecule has 4 heteroatoms. The average molecular weight is 171 g/mol. The molecule has 0 aromatic rings. The summed E-state index contributed by atoms with van der Waals surface area (Å²) in [6.07, 6.45) is 1.55. The average Bonchev–Trinajstić information content (AvgIpc) is 2.17. The number of imide groups is 1. The van der Waals surface area contributed by atoms with Gasteiger partial charge >= 0.3 is 0 Å². The topological polar surface area (TPSA) is 37.4 Å². The fourth-order valence-electron chi connectivity index (χ4n) is 0.868. The van der Waals surface area contributed by atoms with Crippen molar-refractivity contribution in [2.45, 2.75) is 12.2 Å². The predicted octanol–water partition coefficient (Wildman–Crippen LogP) is 1.26. The predicted molar refractivity (Wildman–Crippen MR) is 44.4 cm³/mol. The van der Waals surface area contributed by atoms with E-state index in [2.05, 4.69) is 6.58 Å². The van der Waals surface area contributed by atoms with Gasteiger partial charge in [-0.15, -0.1) is 6.58 Å². The molecular weight excluding hydrogens is 162 g/mol. The summed E-state index contributed by atoms with van der Waals surface area (Å²) in [5, 5.41) is -0.384. The Morgan fingerprint density at radius 2 is 2.36 bits per heavy atom. The fourth-order valence-corrected chi connectivity index (χ4v) is 1.69. The van der Waals surface area contributed by atoms with Crippen LogP contribution in [0.1, 0.15) is 6.92 Å². The first-order chi connectivity index (χ1) is 5.16. The highest BCUT2D eigenvalue weighted by atomic mass is 32.2. The van der Waals surface area contributed by atoms with Crippen molar-refractivity contribution < 1.29 is 9.59 Å². The smallest absolute Gasteiger partial charge is 0.273 e. The fraction of sp³-hybridized carbons (Fsp3) is 0.429. The SMILES string of the molecule is C=CCN1C(=O)SC(C)C1=O. The Labute approximate surface area is 69.4 Å². The van der Waals surface area contributed by atoms with Gasteiger partial charge in [-0.3, -0.25) is 14.5 Å². The Morgan fingerprint density at radius 1 is 1.73 bits per heavy atom. The number of amides is 2. The van der Waals surface area contributed by atoms with Gasteiger partial charge in [-0.2, -0.15) is 0 Å². The molecule has 0 radical (unpaired) electrons. The molecule has 0 bridgehead atoms. The second kappa shape index (κ2) is 3.09. The summed E-state index contributed by atoms with van der Waals surface area (Å²) in [5.74, 6) is -0.111. The molecule has 60 valence electrons. The minimum Gasteiger partial charge on any atom is -0.273 e. The van der Waals surface area contributed by atoms with Crippen LogP contribution in [0, 0.1) is 0 Å². The molecule has 0 aliphatic carbocycles. The minimum absolute atomic E-state index is 0.111. The molecule has 11 heavy (non-hydrogen) atoms. The lowest BCUT2D eigenvalue weighted by Crippen LogP contribution is -2.30. The third-order valence-electron chi connectivity index (χ3n) is 1.42. The zero-order valence-electron chi connectivity index (χ0n) is 6.24. The minimum atomic E-state index is -0.220. The molecule has 1 unspecified atom stereocenters. The third kappa shape index (κ3) is 1.45. The first-order valence-corrected chi connectivity index (χ1v) is 4.17. The van der Waals surface area contributed by atoms with E-state index >= 15 is 0 Å². The monoisotopic (exact) mass is 171 g/mol. The molecule has 0 aromatic carbocycles. The van der Waals surface area contributed by atoms with E-state index in [0.29, 0.717) is 6.54 Å². The van der Waals surface area contributed by atoms with Crippen LogP contribution < -0.4 is 0 Å². The van der Waals surface area contributed by atoms with Gasteiger partial charge in [0.1, 0.15) is 0 Å². The van der Waals surface area contributed by atoms with E-state index < -0.39 is 0 Å². The summed E-state index contributed by atoms with van der Waals surface area (Å²) >= 11 is 1.07. The maximum Gasteiger partial charge on any atom is 0.289 e. The van der Waals surface area contributed by atoms with E-state index in [4.69, 9.17) is 0 Å². The van der Waals surface area contributed by atoms with Crippen LogP contribution in [0.15, 0.2) is 12.7 Å². The number of rotatable bonds is 2. The molecule has 0 spiro atoms. The highest BCUT2D eigenvalue weighted by molar-refractivity contribution is 8.15. The van der Waals surface area contributed by atoms with Crippen molar-refractivity contribution in [3.8, 4) is 0 Å². The highest BCUT2D eigenvalue weighted by Crippen LogP contribution is 2.25. The summed E-state index contributed by atoms with van der Waals surface area (Å²) in [4.78, 5) is 23.4. The largest absolute Gasteiger partial charge is 0.289 e. The number of thioether (sulfide) groups is 1. The quantitative estimate of drug-likeness (QED) is 0.587. The summed E-state index contributed by atoms with van der Waals surface area (Å²) in [7, 11) is 0. The van der Waals surface area contributed by atoms with Crippen molar-refractivity contribution in [2.75, 3.05) is 6.54 Å². The van der Waals surface area contributed by atoms with Gasteiger partial charge in [-0.05, 0) is 6.92 Å². The van der Waals surface area contributed by atoms with Gasteiger partial charge in [0, 0.05) is 6.54 Å². The Kier molecular flexibility index (Phi) is 2.34. The summed E-state index contributed by atoms with van der Waals surface area (Å²) in [6, 6.07) is 0. The molecular formula is C7H9NO2S. The second-order valence-corrected chi connectivity index (χ2v) is 3.56. The van der Waals surface area contributed by atoms with Crippen LogP contribution in [0.5, 0.6) is 0 Å². The molecule has 1 rings (SSSR count). The third-order valence-corrected chi connectivity index (χ3v) is 2.40. The van der Waals surface area contributed by atoms with Crippen molar-refractivity contribution in [3.63, 3.8) is 0 Å². The maximum atomic E-state index is 11.1. The summed E-state index contributed by atoms with van der Waals surface area (Å²) in [5.41, 5.74) is 0. The summed E-state index contributed by atoms with van der Waals surface area (Å²) in [6.45, 7) is 5.52. The number of carbonyl (C=O) groups is 2. The van der Waals surface area contributed by atoms with Gasteiger partial charge in [-0.1, -0.05) is 17.8 Å². The Bertz CT molecular complexity index is 214.